The van der Waals surface area contributed by atoms with Crippen molar-refractivity contribution in [1.29, 1.82) is 0 Å². The first-order valence-corrected chi connectivity index (χ1v) is 19.6. The highest BCUT2D eigenvalue weighted by molar-refractivity contribution is 6.25. The molecule has 0 fully saturated rings. The van der Waals surface area contributed by atoms with Gasteiger partial charge >= 0.3 is 0 Å². The number of fused-ring (bicyclic) bond motifs is 9. The van der Waals surface area contributed by atoms with Gasteiger partial charge in [0.05, 0.1) is 0 Å². The van der Waals surface area contributed by atoms with Crippen LogP contribution in [-0.2, 0) is 5.41 Å². The van der Waals surface area contributed by atoms with E-state index in [1.165, 1.54) is 71.3 Å². The average Bonchev–Trinajstić information content (AvgIpc) is 3.52. The fourth-order valence-corrected chi connectivity index (χ4v) is 9.05. The Labute approximate surface area is 332 Å². The molecule has 268 valence electrons. The minimum Gasteiger partial charge on any atom is -0.208 e. The predicted molar refractivity (Wildman–Crippen MR) is 237 cm³/mol. The maximum Gasteiger partial charge on any atom is 0.164 e. The maximum atomic E-state index is 4.95. The summed E-state index contributed by atoms with van der Waals surface area (Å²) < 4.78 is 0. The van der Waals surface area contributed by atoms with Gasteiger partial charge in [-0.25, -0.2) is 15.0 Å². The zero-order valence-corrected chi connectivity index (χ0v) is 31.7. The largest absolute Gasteiger partial charge is 0.208 e. The zero-order valence-electron chi connectivity index (χ0n) is 31.7. The van der Waals surface area contributed by atoms with Crippen molar-refractivity contribution in [2.75, 3.05) is 0 Å². The van der Waals surface area contributed by atoms with Crippen molar-refractivity contribution in [3.8, 4) is 67.5 Å². The second kappa shape index (κ2) is 12.9. The summed E-state index contributed by atoms with van der Waals surface area (Å²) in [5.74, 6) is 1.96. The van der Waals surface area contributed by atoms with Crippen LogP contribution in [0.1, 0.15) is 25.0 Å². The molecule has 1 aliphatic rings. The topological polar surface area (TPSA) is 38.7 Å². The van der Waals surface area contributed by atoms with Crippen LogP contribution in [0.5, 0.6) is 0 Å². The SMILES string of the molecule is CC1(C)c2ccccc2-c2c1ccc1ccc3ccc4cc(-c5ccccc5-c5ccc(-c6nc(-c7ccccc7)nc(-c7ccccc7)n6)cc5)ccc4c3c21. The van der Waals surface area contributed by atoms with Gasteiger partial charge in [0.2, 0.25) is 0 Å². The summed E-state index contributed by atoms with van der Waals surface area (Å²) in [5.41, 5.74) is 13.0. The van der Waals surface area contributed by atoms with E-state index in [9.17, 15) is 0 Å². The number of aromatic nitrogens is 3. The average molecular weight is 728 g/mol. The van der Waals surface area contributed by atoms with Crippen LogP contribution >= 0.6 is 0 Å². The molecular weight excluding hydrogens is 691 g/mol. The third kappa shape index (κ3) is 5.38. The smallest absolute Gasteiger partial charge is 0.164 e. The Kier molecular flexibility index (Phi) is 7.52. The van der Waals surface area contributed by atoms with Gasteiger partial charge in [-0.1, -0.05) is 196 Å². The van der Waals surface area contributed by atoms with Crippen LogP contribution in [-0.4, -0.2) is 15.0 Å². The quantitative estimate of drug-likeness (QED) is 0.166. The number of rotatable bonds is 5. The molecule has 3 heteroatoms. The molecule has 9 aromatic carbocycles. The van der Waals surface area contributed by atoms with Gasteiger partial charge < -0.3 is 0 Å². The lowest BCUT2D eigenvalue weighted by molar-refractivity contribution is 0.661. The van der Waals surface area contributed by atoms with Crippen LogP contribution in [0.15, 0.2) is 188 Å². The van der Waals surface area contributed by atoms with Gasteiger partial charge in [0.15, 0.2) is 17.5 Å². The van der Waals surface area contributed by atoms with Gasteiger partial charge in [0, 0.05) is 22.1 Å². The standard InChI is InChI=1S/C54H37N3/c1-54(2)46-20-12-11-19-45(46)50-47(54)32-30-36-24-23-35-25-28-41-33-40(29-31-44(41)48(35)49(36)50)43-18-10-9-17-42(43)34-21-26-39(27-22-34)53-56-51(37-13-5-3-6-14-37)55-52(57-53)38-15-7-4-8-16-38/h3-33H,1-2H3. The summed E-state index contributed by atoms with van der Waals surface area (Å²) in [6, 6.07) is 67.3. The minimum absolute atomic E-state index is 0.0521. The highest BCUT2D eigenvalue weighted by atomic mass is 15.0. The van der Waals surface area contributed by atoms with Crippen molar-refractivity contribution >= 4 is 32.3 Å². The second-order valence-electron chi connectivity index (χ2n) is 15.6. The summed E-state index contributed by atoms with van der Waals surface area (Å²) in [6.45, 7) is 4.72. The summed E-state index contributed by atoms with van der Waals surface area (Å²) >= 11 is 0. The molecule has 0 saturated carbocycles. The highest BCUT2D eigenvalue weighted by Gasteiger charge is 2.36. The molecule has 0 amide bonds. The van der Waals surface area contributed by atoms with Crippen molar-refractivity contribution < 1.29 is 0 Å². The Morgan fingerprint density at radius 3 is 1.42 bits per heavy atom. The Balaban J connectivity index is 1.01. The molecule has 1 aliphatic carbocycles. The highest BCUT2D eigenvalue weighted by Crippen LogP contribution is 2.53. The van der Waals surface area contributed by atoms with Crippen molar-refractivity contribution in [1.82, 2.24) is 15.0 Å². The number of hydrogen-bond donors (Lipinski definition) is 0. The first-order valence-electron chi connectivity index (χ1n) is 19.6. The Bertz CT molecular complexity index is 3130. The second-order valence-corrected chi connectivity index (χ2v) is 15.6. The lowest BCUT2D eigenvalue weighted by Crippen LogP contribution is -2.14. The summed E-state index contributed by atoms with van der Waals surface area (Å²) in [4.78, 5) is 14.8. The molecule has 57 heavy (non-hydrogen) atoms. The fraction of sp³-hybridized carbons (Fsp3) is 0.0556. The van der Waals surface area contributed by atoms with E-state index in [-0.39, 0.29) is 5.41 Å². The van der Waals surface area contributed by atoms with Gasteiger partial charge in [-0.15, -0.1) is 0 Å². The molecule has 3 nitrogen and oxygen atoms in total. The van der Waals surface area contributed by atoms with Crippen molar-refractivity contribution in [3.05, 3.63) is 199 Å². The molecule has 0 saturated heterocycles. The van der Waals surface area contributed by atoms with Crippen LogP contribution in [0.4, 0.5) is 0 Å². The molecule has 0 spiro atoms. The van der Waals surface area contributed by atoms with E-state index in [0.717, 1.165) is 22.3 Å². The molecular formula is C54H37N3. The zero-order chi connectivity index (χ0) is 38.1. The lowest BCUT2D eigenvalue weighted by atomic mass is 9.81. The van der Waals surface area contributed by atoms with Crippen molar-refractivity contribution in [2.45, 2.75) is 19.3 Å². The lowest BCUT2D eigenvalue weighted by Gasteiger charge is -2.21. The Morgan fingerprint density at radius 2 is 0.789 bits per heavy atom. The fourth-order valence-electron chi connectivity index (χ4n) is 9.05. The third-order valence-electron chi connectivity index (χ3n) is 11.9. The molecule has 0 bridgehead atoms. The van der Waals surface area contributed by atoms with Gasteiger partial charge in [-0.3, -0.25) is 0 Å². The summed E-state index contributed by atoms with van der Waals surface area (Å²) in [5, 5.41) is 7.74. The van der Waals surface area contributed by atoms with Crippen LogP contribution in [0.25, 0.3) is 99.9 Å². The summed E-state index contributed by atoms with van der Waals surface area (Å²) in [6.07, 6.45) is 0. The Morgan fingerprint density at radius 1 is 0.333 bits per heavy atom. The normalized spacial score (nSPS) is 12.9. The van der Waals surface area contributed by atoms with Crippen molar-refractivity contribution in [3.63, 3.8) is 0 Å². The number of benzene rings is 9. The molecule has 1 aromatic heterocycles. The first kappa shape index (κ1) is 33.1. The number of hydrogen-bond acceptors (Lipinski definition) is 3. The van der Waals surface area contributed by atoms with Crippen LogP contribution in [0, 0.1) is 0 Å². The molecule has 0 atom stereocenters. The van der Waals surface area contributed by atoms with Crippen LogP contribution < -0.4 is 0 Å². The van der Waals surface area contributed by atoms with E-state index in [1.807, 2.05) is 60.7 Å². The van der Waals surface area contributed by atoms with E-state index in [4.69, 9.17) is 15.0 Å². The van der Waals surface area contributed by atoms with E-state index in [2.05, 4.69) is 141 Å². The third-order valence-corrected chi connectivity index (χ3v) is 11.9. The monoisotopic (exact) mass is 727 g/mol. The molecule has 11 rings (SSSR count). The van der Waals surface area contributed by atoms with E-state index in [0.29, 0.717) is 17.5 Å². The van der Waals surface area contributed by atoms with Gasteiger partial charge in [0.1, 0.15) is 0 Å². The molecule has 0 aliphatic heterocycles. The minimum atomic E-state index is -0.0521. The number of nitrogens with zero attached hydrogens (tertiary/aromatic N) is 3. The van der Waals surface area contributed by atoms with E-state index in [1.54, 1.807) is 0 Å². The van der Waals surface area contributed by atoms with Crippen LogP contribution in [0.2, 0.25) is 0 Å². The molecule has 0 radical (unpaired) electrons. The van der Waals surface area contributed by atoms with Gasteiger partial charge in [-0.05, 0) is 82.9 Å². The molecule has 0 unspecified atom stereocenters. The van der Waals surface area contributed by atoms with Crippen molar-refractivity contribution in [2.24, 2.45) is 0 Å². The molecule has 0 N–H and O–H groups in total. The molecule has 10 aromatic rings. The van der Waals surface area contributed by atoms with E-state index < -0.39 is 0 Å². The summed E-state index contributed by atoms with van der Waals surface area (Å²) in [7, 11) is 0. The van der Waals surface area contributed by atoms with Gasteiger partial charge in [-0.2, -0.15) is 0 Å². The van der Waals surface area contributed by atoms with Gasteiger partial charge in [0.25, 0.3) is 0 Å². The Hall–Kier alpha value is -7.23. The van der Waals surface area contributed by atoms with Crippen LogP contribution in [0.3, 0.4) is 0 Å². The van der Waals surface area contributed by atoms with E-state index >= 15 is 0 Å². The predicted octanol–water partition coefficient (Wildman–Crippen LogP) is 14.0. The first-order chi connectivity index (χ1) is 28.0. The maximum absolute atomic E-state index is 4.95. The molecule has 1 heterocycles.